The number of nitrogens with one attached hydrogen (secondary N) is 1. The summed E-state index contributed by atoms with van der Waals surface area (Å²) in [5.74, 6) is -0.524. The van der Waals surface area contributed by atoms with Crippen LogP contribution in [0.4, 0.5) is 5.69 Å². The predicted octanol–water partition coefficient (Wildman–Crippen LogP) is -0.233. The summed E-state index contributed by atoms with van der Waals surface area (Å²) in [6.07, 6.45) is 3.22. The Labute approximate surface area is 160 Å². The van der Waals surface area contributed by atoms with Crippen molar-refractivity contribution < 1.29 is 18.7 Å². The van der Waals surface area contributed by atoms with Crippen molar-refractivity contribution in [2.75, 3.05) is 38.3 Å². The summed E-state index contributed by atoms with van der Waals surface area (Å²) < 4.78 is 16.9. The minimum absolute atomic E-state index is 0.0393. The average molecular weight is 390 g/mol. The molecule has 0 spiro atoms. The number of nitrogens with zero attached hydrogens (tertiary/aromatic N) is 3. The highest BCUT2D eigenvalue weighted by Crippen LogP contribution is 2.16. The summed E-state index contributed by atoms with van der Waals surface area (Å²) in [5, 5.41) is 6.74. The van der Waals surface area contributed by atoms with E-state index in [0.29, 0.717) is 32.7 Å². The summed E-state index contributed by atoms with van der Waals surface area (Å²) in [6.45, 7) is 2.11. The van der Waals surface area contributed by atoms with Crippen molar-refractivity contribution in [3.63, 3.8) is 0 Å². The quantitative estimate of drug-likeness (QED) is 0.719. The Bertz CT molecular complexity index is 954. The Kier molecular flexibility index (Phi) is 6.09. The first-order valence-electron chi connectivity index (χ1n) is 8.83. The van der Waals surface area contributed by atoms with Gasteiger partial charge in [0.25, 0.3) is 11.5 Å². The second-order valence-corrected chi connectivity index (χ2v) is 6.34. The van der Waals surface area contributed by atoms with Crippen molar-refractivity contribution in [3.05, 3.63) is 50.9 Å². The highest BCUT2D eigenvalue weighted by molar-refractivity contribution is 5.91. The molecule has 0 saturated carbocycles. The number of morpholine rings is 1. The van der Waals surface area contributed by atoms with Crippen LogP contribution in [0.25, 0.3) is 0 Å². The van der Waals surface area contributed by atoms with E-state index in [-0.39, 0.29) is 23.2 Å². The van der Waals surface area contributed by atoms with Crippen LogP contribution in [-0.2, 0) is 11.8 Å². The lowest BCUT2D eigenvalue weighted by Gasteiger charge is -2.34. The summed E-state index contributed by atoms with van der Waals surface area (Å²) in [5.41, 5.74) is 0.155. The Morgan fingerprint density at radius 2 is 2.21 bits per heavy atom. The van der Waals surface area contributed by atoms with Gasteiger partial charge in [-0.05, 0) is 6.42 Å². The lowest BCUT2D eigenvalue weighted by molar-refractivity contribution is 0.0352. The average Bonchev–Trinajstić information content (AvgIpc) is 2.70. The third-order valence-electron chi connectivity index (χ3n) is 4.45. The van der Waals surface area contributed by atoms with Crippen LogP contribution in [0.1, 0.15) is 17.0 Å². The molecule has 150 valence electrons. The Balaban J connectivity index is 1.52. The van der Waals surface area contributed by atoms with Crippen LogP contribution in [-0.4, -0.2) is 55.1 Å². The summed E-state index contributed by atoms with van der Waals surface area (Å²) in [6, 6.07) is 2.64. The van der Waals surface area contributed by atoms with Gasteiger partial charge in [0, 0.05) is 38.8 Å². The van der Waals surface area contributed by atoms with E-state index >= 15 is 0 Å². The number of carbonyl (C=O) groups excluding carboxylic acids is 1. The van der Waals surface area contributed by atoms with Gasteiger partial charge in [-0.2, -0.15) is 5.10 Å². The molecule has 1 aliphatic heterocycles. The molecule has 2 aromatic heterocycles. The van der Waals surface area contributed by atoms with E-state index < -0.39 is 11.3 Å². The number of rotatable bonds is 6. The van der Waals surface area contributed by atoms with Crippen molar-refractivity contribution in [1.82, 2.24) is 15.1 Å². The molecule has 3 rings (SSSR count). The van der Waals surface area contributed by atoms with E-state index in [1.165, 1.54) is 11.8 Å². The number of ether oxygens (including phenoxy) is 2. The van der Waals surface area contributed by atoms with Crippen LogP contribution in [0.15, 0.2) is 38.6 Å². The molecule has 2 aromatic rings. The molecule has 10 nitrogen and oxygen atoms in total. The van der Waals surface area contributed by atoms with Gasteiger partial charge in [0.05, 0.1) is 31.7 Å². The van der Waals surface area contributed by atoms with E-state index in [2.05, 4.69) is 10.4 Å². The third kappa shape index (κ3) is 4.58. The van der Waals surface area contributed by atoms with Gasteiger partial charge in [-0.15, -0.1) is 0 Å². The molecule has 0 aromatic carbocycles. The van der Waals surface area contributed by atoms with Crippen molar-refractivity contribution in [3.8, 4) is 5.75 Å². The van der Waals surface area contributed by atoms with Crippen LogP contribution in [0.5, 0.6) is 5.75 Å². The lowest BCUT2D eigenvalue weighted by Crippen LogP contribution is -2.44. The fraction of sp³-hybridized carbons (Fsp3) is 0.444. The van der Waals surface area contributed by atoms with Gasteiger partial charge in [-0.1, -0.05) is 0 Å². The molecule has 1 amide bonds. The van der Waals surface area contributed by atoms with Crippen molar-refractivity contribution in [2.45, 2.75) is 12.5 Å². The second-order valence-electron chi connectivity index (χ2n) is 6.34. The highest BCUT2D eigenvalue weighted by atomic mass is 16.5. The number of aromatic nitrogens is 2. The van der Waals surface area contributed by atoms with Crippen LogP contribution >= 0.6 is 0 Å². The predicted molar refractivity (Wildman–Crippen MR) is 99.9 cm³/mol. The zero-order valence-electron chi connectivity index (χ0n) is 15.7. The number of hydrogen-bond acceptors (Lipinski definition) is 8. The van der Waals surface area contributed by atoms with Crippen molar-refractivity contribution in [1.29, 1.82) is 0 Å². The fourth-order valence-electron chi connectivity index (χ4n) is 2.86. The first-order valence-corrected chi connectivity index (χ1v) is 8.83. The topological polar surface area (TPSA) is 116 Å². The molecule has 0 bridgehead atoms. The summed E-state index contributed by atoms with van der Waals surface area (Å²) in [7, 11) is 2.95. The van der Waals surface area contributed by atoms with Crippen LogP contribution in [0.2, 0.25) is 0 Å². The standard InChI is InChI=1S/C18H22N4O6/c1-21-17(24)7-12(9-20-21)22-5-6-27-13(10-22)3-4-19-18(25)15-8-14(23)16(26-2)11-28-15/h7-9,11,13H,3-6,10H2,1-2H3,(H,19,25)/t13-/m0/s1. The molecule has 0 aliphatic carbocycles. The summed E-state index contributed by atoms with van der Waals surface area (Å²) >= 11 is 0. The Morgan fingerprint density at radius 1 is 1.39 bits per heavy atom. The van der Waals surface area contributed by atoms with Gasteiger partial charge < -0.3 is 24.1 Å². The molecule has 0 radical (unpaired) electrons. The maximum Gasteiger partial charge on any atom is 0.287 e. The van der Waals surface area contributed by atoms with E-state index in [1.54, 1.807) is 19.3 Å². The molecule has 0 unspecified atom stereocenters. The number of amides is 1. The lowest BCUT2D eigenvalue weighted by atomic mass is 10.2. The van der Waals surface area contributed by atoms with E-state index in [4.69, 9.17) is 13.9 Å². The first-order chi connectivity index (χ1) is 13.5. The molecular weight excluding hydrogens is 368 g/mol. The van der Waals surface area contributed by atoms with Gasteiger partial charge in [0.1, 0.15) is 6.26 Å². The molecular formula is C18H22N4O6. The zero-order valence-corrected chi connectivity index (χ0v) is 15.7. The maximum absolute atomic E-state index is 12.1. The SMILES string of the molecule is COc1coc(C(=O)NCC[C@H]2CN(c3cnn(C)c(=O)c3)CCO2)cc1=O. The van der Waals surface area contributed by atoms with Crippen LogP contribution in [0, 0.1) is 0 Å². The maximum atomic E-state index is 12.1. The molecule has 28 heavy (non-hydrogen) atoms. The molecule has 1 N–H and O–H groups in total. The van der Waals surface area contributed by atoms with Crippen molar-refractivity contribution in [2.24, 2.45) is 7.05 Å². The van der Waals surface area contributed by atoms with E-state index in [1.807, 2.05) is 4.90 Å². The smallest absolute Gasteiger partial charge is 0.287 e. The molecule has 1 aliphatic rings. The largest absolute Gasteiger partial charge is 0.490 e. The highest BCUT2D eigenvalue weighted by Gasteiger charge is 2.22. The van der Waals surface area contributed by atoms with Gasteiger partial charge >= 0.3 is 0 Å². The van der Waals surface area contributed by atoms with E-state index in [0.717, 1.165) is 18.0 Å². The van der Waals surface area contributed by atoms with Crippen LogP contribution in [0.3, 0.4) is 0 Å². The molecule has 3 heterocycles. The number of anilines is 1. The molecule has 10 heteroatoms. The van der Waals surface area contributed by atoms with E-state index in [9.17, 15) is 14.4 Å². The van der Waals surface area contributed by atoms with Gasteiger partial charge in [-0.3, -0.25) is 14.4 Å². The minimum Gasteiger partial charge on any atom is -0.490 e. The Hall–Kier alpha value is -3.14. The number of carbonyl (C=O) groups is 1. The Morgan fingerprint density at radius 3 is 2.93 bits per heavy atom. The zero-order chi connectivity index (χ0) is 20.1. The molecule has 1 atom stereocenters. The first kappa shape index (κ1) is 19.6. The minimum atomic E-state index is -0.483. The molecule has 1 saturated heterocycles. The van der Waals surface area contributed by atoms with Gasteiger partial charge in [0.15, 0.2) is 5.76 Å². The van der Waals surface area contributed by atoms with Gasteiger partial charge in [0.2, 0.25) is 11.2 Å². The van der Waals surface area contributed by atoms with Gasteiger partial charge in [-0.25, -0.2) is 4.68 Å². The monoisotopic (exact) mass is 390 g/mol. The van der Waals surface area contributed by atoms with Crippen LogP contribution < -0.4 is 25.9 Å². The van der Waals surface area contributed by atoms with Crippen molar-refractivity contribution >= 4 is 11.6 Å². The summed E-state index contributed by atoms with van der Waals surface area (Å²) in [4.78, 5) is 37.6. The second kappa shape index (κ2) is 8.70. The third-order valence-corrected chi connectivity index (χ3v) is 4.45. The number of methoxy groups -OCH3 is 1. The number of aryl methyl sites for hydroxylation is 1. The fourth-order valence-corrected chi connectivity index (χ4v) is 2.86. The normalized spacial score (nSPS) is 16.6. The molecule has 1 fully saturated rings. The number of hydrogen-bond donors (Lipinski definition) is 1.